The number of amidine groups is 1. The molecule has 0 aliphatic carbocycles. The first-order valence-electron chi connectivity index (χ1n) is 6.48. The van der Waals surface area contributed by atoms with Gasteiger partial charge in [0.15, 0.2) is 5.17 Å². The molecule has 0 atom stereocenters. The fraction of sp³-hybridized carbons (Fsp3) is 0.467. The van der Waals surface area contributed by atoms with E-state index in [1.165, 1.54) is 16.7 Å². The molecular formula is C15H21N3S. The van der Waals surface area contributed by atoms with E-state index in [0.29, 0.717) is 0 Å². The molecule has 1 aromatic rings. The van der Waals surface area contributed by atoms with E-state index >= 15 is 0 Å². The molecule has 0 unspecified atom stereocenters. The zero-order valence-electron chi connectivity index (χ0n) is 12.2. The molecule has 0 aromatic heterocycles. The molecular weight excluding hydrogens is 254 g/mol. The summed E-state index contributed by atoms with van der Waals surface area (Å²) >= 11 is 1.72. The average molecular weight is 275 g/mol. The number of hydrazone groups is 1. The van der Waals surface area contributed by atoms with Crippen LogP contribution in [0, 0.1) is 13.8 Å². The van der Waals surface area contributed by atoms with Gasteiger partial charge in [-0.1, -0.05) is 29.5 Å². The molecule has 1 aliphatic heterocycles. The van der Waals surface area contributed by atoms with E-state index < -0.39 is 0 Å². The second-order valence-corrected chi connectivity index (χ2v) is 6.83. The fourth-order valence-corrected chi connectivity index (χ4v) is 2.81. The highest BCUT2D eigenvalue weighted by Crippen LogP contribution is 2.19. The summed E-state index contributed by atoms with van der Waals surface area (Å²) in [6, 6.07) is 6.48. The largest absolute Gasteiger partial charge is 0.256 e. The van der Waals surface area contributed by atoms with Crippen LogP contribution in [0.25, 0.3) is 0 Å². The third-order valence-corrected chi connectivity index (χ3v) is 3.65. The van der Waals surface area contributed by atoms with Crippen molar-refractivity contribution in [2.45, 2.75) is 40.2 Å². The lowest BCUT2D eigenvalue weighted by atomic mass is 10.0. The zero-order valence-corrected chi connectivity index (χ0v) is 13.1. The summed E-state index contributed by atoms with van der Waals surface area (Å²) in [5, 5.41) is 5.39. The van der Waals surface area contributed by atoms with Crippen molar-refractivity contribution < 1.29 is 0 Å². The molecule has 0 saturated heterocycles. The number of benzene rings is 1. The molecule has 0 spiro atoms. The normalized spacial score (nSPS) is 18.2. The highest BCUT2D eigenvalue weighted by Gasteiger charge is 2.17. The number of nitrogens with one attached hydrogen (secondary N) is 1. The second kappa shape index (κ2) is 5.37. The maximum atomic E-state index is 4.60. The number of hydrogen-bond acceptors (Lipinski definition) is 3. The Bertz CT molecular complexity index is 539. The van der Waals surface area contributed by atoms with Crippen molar-refractivity contribution in [1.29, 1.82) is 0 Å². The Kier molecular flexibility index (Phi) is 3.99. The number of nitrogens with zero attached hydrogens (tertiary/aromatic N) is 2. The smallest absolute Gasteiger partial charge is 0.178 e. The Morgan fingerprint density at radius 1 is 1.26 bits per heavy atom. The molecule has 0 amide bonds. The minimum Gasteiger partial charge on any atom is -0.256 e. The number of hydrogen-bond donors (Lipinski definition) is 1. The summed E-state index contributed by atoms with van der Waals surface area (Å²) in [5.74, 6) is 0.867. The van der Waals surface area contributed by atoms with E-state index in [0.717, 1.165) is 16.6 Å². The second-order valence-electron chi connectivity index (χ2n) is 5.87. The van der Waals surface area contributed by atoms with Gasteiger partial charge < -0.3 is 0 Å². The molecule has 4 heteroatoms. The monoisotopic (exact) mass is 275 g/mol. The first kappa shape index (κ1) is 14.1. The first-order chi connectivity index (χ1) is 8.85. The van der Waals surface area contributed by atoms with Crippen LogP contribution in [0.2, 0.25) is 0 Å². The Labute approximate surface area is 119 Å². The van der Waals surface area contributed by atoms with Crippen LogP contribution < -0.4 is 5.43 Å². The van der Waals surface area contributed by atoms with Gasteiger partial charge in [0.25, 0.3) is 0 Å². The summed E-state index contributed by atoms with van der Waals surface area (Å²) in [7, 11) is 0. The van der Waals surface area contributed by atoms with Crippen LogP contribution in [-0.4, -0.2) is 22.2 Å². The van der Waals surface area contributed by atoms with Crippen molar-refractivity contribution in [1.82, 2.24) is 5.43 Å². The van der Waals surface area contributed by atoms with Gasteiger partial charge in [0, 0.05) is 11.3 Å². The van der Waals surface area contributed by atoms with Gasteiger partial charge in [-0.25, -0.2) is 0 Å². The van der Waals surface area contributed by atoms with Crippen LogP contribution in [-0.2, 0) is 0 Å². The molecule has 0 bridgehead atoms. The van der Waals surface area contributed by atoms with Crippen molar-refractivity contribution in [3.05, 3.63) is 34.9 Å². The van der Waals surface area contributed by atoms with E-state index in [2.05, 4.69) is 68.3 Å². The number of thioether (sulfide) groups is 1. The van der Waals surface area contributed by atoms with Crippen LogP contribution >= 0.6 is 11.8 Å². The van der Waals surface area contributed by atoms with Crippen molar-refractivity contribution in [2.75, 3.05) is 5.75 Å². The summed E-state index contributed by atoms with van der Waals surface area (Å²) in [4.78, 5) is 4.60. The van der Waals surface area contributed by atoms with E-state index in [1.54, 1.807) is 11.8 Å². The van der Waals surface area contributed by atoms with Crippen LogP contribution in [0.5, 0.6) is 0 Å². The highest BCUT2D eigenvalue weighted by atomic mass is 32.2. The van der Waals surface area contributed by atoms with Crippen molar-refractivity contribution in [3.63, 3.8) is 0 Å². The Hall–Kier alpha value is -1.29. The Morgan fingerprint density at radius 3 is 2.58 bits per heavy atom. The van der Waals surface area contributed by atoms with Crippen LogP contribution in [0.1, 0.15) is 37.5 Å². The average Bonchev–Trinajstić information content (AvgIpc) is 2.31. The van der Waals surface area contributed by atoms with Gasteiger partial charge in [0.1, 0.15) is 0 Å². The first-order valence-corrected chi connectivity index (χ1v) is 7.46. The van der Waals surface area contributed by atoms with Gasteiger partial charge in [-0.05, 0) is 46.2 Å². The minimum absolute atomic E-state index is 0.0678. The molecule has 2 rings (SSSR count). The third kappa shape index (κ3) is 3.83. The van der Waals surface area contributed by atoms with Gasteiger partial charge in [-0.3, -0.25) is 10.4 Å². The molecule has 0 saturated carbocycles. The van der Waals surface area contributed by atoms with Crippen molar-refractivity contribution in [2.24, 2.45) is 10.1 Å². The fourth-order valence-electron chi connectivity index (χ4n) is 1.86. The predicted molar refractivity (Wildman–Crippen MR) is 85.2 cm³/mol. The number of rotatable bonds is 1. The van der Waals surface area contributed by atoms with Crippen LogP contribution in [0.4, 0.5) is 0 Å². The quantitative estimate of drug-likeness (QED) is 0.851. The van der Waals surface area contributed by atoms with Crippen LogP contribution in [0.3, 0.4) is 0 Å². The predicted octanol–water partition coefficient (Wildman–Crippen LogP) is 3.50. The molecule has 102 valence electrons. The lowest BCUT2D eigenvalue weighted by molar-refractivity contribution is 0.582. The number of aryl methyl sites for hydroxylation is 2. The van der Waals surface area contributed by atoms with Crippen molar-refractivity contribution >= 4 is 22.6 Å². The maximum Gasteiger partial charge on any atom is 0.178 e. The third-order valence-electron chi connectivity index (χ3n) is 2.77. The van der Waals surface area contributed by atoms with E-state index in [-0.39, 0.29) is 5.54 Å². The molecule has 1 N–H and O–H groups in total. The molecule has 19 heavy (non-hydrogen) atoms. The summed E-state index contributed by atoms with van der Waals surface area (Å²) in [5.41, 5.74) is 7.86. The van der Waals surface area contributed by atoms with Gasteiger partial charge in [0.2, 0.25) is 0 Å². The molecule has 0 radical (unpaired) electrons. The standard InChI is InChI=1S/C15H21N3S/c1-10-6-7-11(2)12(8-10)13-9-19-14(18-17-13)16-15(3,4)5/h6-8H,9H2,1-5H3,(H,16,18). The minimum atomic E-state index is -0.0678. The topological polar surface area (TPSA) is 36.8 Å². The van der Waals surface area contributed by atoms with Gasteiger partial charge >= 0.3 is 0 Å². The molecule has 1 aromatic carbocycles. The summed E-state index contributed by atoms with van der Waals surface area (Å²) < 4.78 is 0. The Morgan fingerprint density at radius 2 is 2.00 bits per heavy atom. The van der Waals surface area contributed by atoms with Crippen LogP contribution in [0.15, 0.2) is 28.3 Å². The SMILES string of the molecule is Cc1ccc(C)c(C2=NNC(=NC(C)(C)C)SC2)c1. The Balaban J connectivity index is 2.22. The summed E-state index contributed by atoms with van der Waals surface area (Å²) in [6.07, 6.45) is 0. The molecule has 1 heterocycles. The highest BCUT2D eigenvalue weighted by molar-refractivity contribution is 8.14. The zero-order chi connectivity index (χ0) is 14.0. The van der Waals surface area contributed by atoms with Gasteiger partial charge in [0.05, 0.1) is 11.3 Å². The lowest BCUT2D eigenvalue weighted by Gasteiger charge is -2.20. The van der Waals surface area contributed by atoms with Crippen molar-refractivity contribution in [3.8, 4) is 0 Å². The summed E-state index contributed by atoms with van der Waals surface area (Å²) in [6.45, 7) is 10.5. The molecule has 0 fully saturated rings. The van der Waals surface area contributed by atoms with E-state index in [9.17, 15) is 0 Å². The van der Waals surface area contributed by atoms with Gasteiger partial charge in [-0.2, -0.15) is 5.10 Å². The maximum absolute atomic E-state index is 4.60. The van der Waals surface area contributed by atoms with E-state index in [1.807, 2.05) is 0 Å². The molecule has 3 nitrogen and oxygen atoms in total. The van der Waals surface area contributed by atoms with Gasteiger partial charge in [-0.15, -0.1) is 0 Å². The van der Waals surface area contributed by atoms with E-state index in [4.69, 9.17) is 0 Å². The molecule has 1 aliphatic rings. The number of aliphatic imine (C=N–C) groups is 1. The lowest BCUT2D eigenvalue weighted by Crippen LogP contribution is -2.28.